The number of carboxylic acids is 1. The van der Waals surface area contributed by atoms with Gasteiger partial charge in [-0.3, -0.25) is 4.79 Å². The molecule has 6 rings (SSSR count). The molecule has 44 heavy (non-hydrogen) atoms. The summed E-state index contributed by atoms with van der Waals surface area (Å²) in [5.74, 6) is -3.21. The number of ether oxygens (including phenoxy) is 1. The highest BCUT2D eigenvalue weighted by Gasteiger charge is 2.47. The molecule has 0 spiro atoms. The smallest absolute Gasteiger partial charge is 0.328 e. The van der Waals surface area contributed by atoms with Crippen LogP contribution in [0, 0.1) is 12.8 Å². The van der Waals surface area contributed by atoms with Gasteiger partial charge in [-0.25, -0.2) is 19.8 Å². The molecular formula is C35H30N4O5. The number of methoxy groups -OCH3 is 1. The van der Waals surface area contributed by atoms with Crippen molar-refractivity contribution in [2.24, 2.45) is 20.9 Å². The second-order valence-corrected chi connectivity index (χ2v) is 10.9. The molecule has 8 bridgehead atoms. The number of aliphatic imine (C=N–C) groups is 3. The Morgan fingerprint density at radius 2 is 1.61 bits per heavy atom. The molecule has 1 atom stereocenters. The number of carbonyl (C=O) groups is 2. The number of aromatic nitrogens is 1. The monoisotopic (exact) mass is 586 g/mol. The standard InChI is InChI=1S/C35H30N4O5/c1-8-19-15(3)22-12-24-17(5)21(10-11-28(40)41)32(38-24)30-31(35(43)44-7)34(42)29-18(6)25(39-33(29)30)14-27-20(9-2)16(4)23(37-27)13-26(19)36-22/h8-14,31,36,42H,1-2H2,3-7H3,(H,40,41). The lowest BCUT2D eigenvalue weighted by Crippen LogP contribution is -2.20. The third-order valence-corrected chi connectivity index (χ3v) is 8.58. The van der Waals surface area contributed by atoms with Crippen molar-refractivity contribution in [1.29, 1.82) is 0 Å². The second kappa shape index (κ2) is 10.3. The maximum Gasteiger partial charge on any atom is 0.328 e. The molecule has 0 saturated heterocycles. The third-order valence-electron chi connectivity index (χ3n) is 8.58. The molecule has 5 aliphatic rings. The van der Waals surface area contributed by atoms with E-state index >= 15 is 0 Å². The summed E-state index contributed by atoms with van der Waals surface area (Å²) < 4.78 is 5.11. The number of aliphatic hydroxyl groups excluding tert-OH is 1. The molecule has 0 aromatic carbocycles. The molecule has 9 nitrogen and oxygen atoms in total. The minimum Gasteiger partial charge on any atom is -0.510 e. The summed E-state index contributed by atoms with van der Waals surface area (Å²) in [5.41, 5.74) is 9.47. The highest BCUT2D eigenvalue weighted by molar-refractivity contribution is 6.28. The molecule has 0 saturated carbocycles. The number of aromatic amines is 1. The first-order valence-electron chi connectivity index (χ1n) is 14.0. The zero-order valence-electron chi connectivity index (χ0n) is 25.0. The molecular weight excluding hydrogens is 556 g/mol. The normalized spacial score (nSPS) is 20.6. The van der Waals surface area contributed by atoms with Gasteiger partial charge in [0.15, 0.2) is 0 Å². The van der Waals surface area contributed by atoms with E-state index in [2.05, 4.69) is 18.1 Å². The fourth-order valence-electron chi connectivity index (χ4n) is 6.20. The molecule has 1 aromatic rings. The molecule has 9 heteroatoms. The van der Waals surface area contributed by atoms with E-state index in [9.17, 15) is 19.8 Å². The molecule has 0 radical (unpaired) electrons. The van der Waals surface area contributed by atoms with Crippen molar-refractivity contribution in [2.45, 2.75) is 27.7 Å². The highest BCUT2D eigenvalue weighted by atomic mass is 16.5. The summed E-state index contributed by atoms with van der Waals surface area (Å²) in [4.78, 5) is 43.1. The van der Waals surface area contributed by atoms with Crippen molar-refractivity contribution in [3.8, 4) is 0 Å². The Labute approximate surface area is 253 Å². The van der Waals surface area contributed by atoms with E-state index < -0.39 is 17.9 Å². The Balaban J connectivity index is 1.78. The fourth-order valence-corrected chi connectivity index (χ4v) is 6.20. The summed E-state index contributed by atoms with van der Waals surface area (Å²) >= 11 is 0. The summed E-state index contributed by atoms with van der Waals surface area (Å²) in [6.07, 6.45) is 11.7. The lowest BCUT2D eigenvalue weighted by Gasteiger charge is -2.14. The van der Waals surface area contributed by atoms with Crippen LogP contribution in [-0.4, -0.2) is 51.4 Å². The van der Waals surface area contributed by atoms with Gasteiger partial charge in [0.1, 0.15) is 11.7 Å². The van der Waals surface area contributed by atoms with Gasteiger partial charge in [-0.15, -0.1) is 0 Å². The first-order chi connectivity index (χ1) is 21.0. The summed E-state index contributed by atoms with van der Waals surface area (Å²) in [5, 5.41) is 22.6. The summed E-state index contributed by atoms with van der Waals surface area (Å²) in [6.45, 7) is 15.7. The summed E-state index contributed by atoms with van der Waals surface area (Å²) in [6, 6.07) is 0. The zero-order valence-corrected chi connectivity index (χ0v) is 25.0. The lowest BCUT2D eigenvalue weighted by molar-refractivity contribution is -0.143. The van der Waals surface area contributed by atoms with Gasteiger partial charge in [-0.05, 0) is 74.3 Å². The third kappa shape index (κ3) is 4.11. The van der Waals surface area contributed by atoms with Crippen LogP contribution in [0.3, 0.4) is 0 Å². The number of aliphatic carboxylic acids is 1. The maximum absolute atomic E-state index is 13.2. The van der Waals surface area contributed by atoms with E-state index in [1.165, 1.54) is 13.2 Å². The van der Waals surface area contributed by atoms with Crippen LogP contribution in [-0.2, 0) is 14.3 Å². The van der Waals surface area contributed by atoms with Gasteiger partial charge in [-0.2, -0.15) is 0 Å². The molecule has 220 valence electrons. The molecule has 1 aromatic heterocycles. The molecule has 0 amide bonds. The number of carbonyl (C=O) groups excluding carboxylic acids is 1. The van der Waals surface area contributed by atoms with E-state index in [-0.39, 0.29) is 5.76 Å². The average Bonchev–Trinajstić information content (AvgIpc) is 3.72. The van der Waals surface area contributed by atoms with Crippen LogP contribution >= 0.6 is 0 Å². The molecule has 0 fully saturated rings. The zero-order chi connectivity index (χ0) is 31.6. The SMILES string of the molecule is C=CC1=C(C)C2=NC1=CC1=C(C)C3=C(O)C(C(=O)OC)C(=C4N=C(C=c5[nH]c(c(C=C)c5C)=C2)C(C)=C4C=CC(=O)O)C3=N1. The number of carboxylic acid groups (broad SMARTS) is 1. The van der Waals surface area contributed by atoms with Crippen molar-refractivity contribution in [3.05, 3.63) is 121 Å². The van der Waals surface area contributed by atoms with E-state index in [1.807, 2.05) is 45.9 Å². The van der Waals surface area contributed by atoms with Crippen LogP contribution < -0.4 is 10.7 Å². The number of hydrogen-bond acceptors (Lipinski definition) is 7. The van der Waals surface area contributed by atoms with Crippen LogP contribution in [0.5, 0.6) is 0 Å². The minimum absolute atomic E-state index is 0.197. The van der Waals surface area contributed by atoms with Crippen LogP contribution in [0.1, 0.15) is 31.9 Å². The number of esters is 1. The first kappa shape index (κ1) is 28.5. The van der Waals surface area contributed by atoms with Crippen LogP contribution in [0.2, 0.25) is 0 Å². The maximum atomic E-state index is 13.2. The topological polar surface area (TPSA) is 137 Å². The van der Waals surface area contributed by atoms with E-state index in [0.717, 1.165) is 44.8 Å². The van der Waals surface area contributed by atoms with Crippen LogP contribution in [0.4, 0.5) is 0 Å². The molecule has 1 unspecified atom stereocenters. The van der Waals surface area contributed by atoms with Gasteiger partial charge < -0.3 is 19.9 Å². The van der Waals surface area contributed by atoms with E-state index in [1.54, 1.807) is 12.2 Å². The van der Waals surface area contributed by atoms with E-state index in [0.29, 0.717) is 56.4 Å². The number of allylic oxidation sites excluding steroid dienone is 7. The van der Waals surface area contributed by atoms with Gasteiger partial charge in [0.05, 0.1) is 41.3 Å². The van der Waals surface area contributed by atoms with Crippen molar-refractivity contribution in [2.75, 3.05) is 7.11 Å². The second-order valence-electron chi connectivity index (χ2n) is 10.9. The number of nitrogens with zero attached hydrogens (tertiary/aromatic N) is 3. The average molecular weight is 587 g/mol. The molecule has 3 N–H and O–H groups in total. The molecule has 5 heterocycles. The molecule has 1 aliphatic carbocycles. The number of nitrogens with one attached hydrogen (secondary N) is 1. The predicted molar refractivity (Wildman–Crippen MR) is 171 cm³/mol. The van der Waals surface area contributed by atoms with Gasteiger partial charge in [0.25, 0.3) is 0 Å². The number of fused-ring (bicyclic) bond motifs is 5. The van der Waals surface area contributed by atoms with Gasteiger partial charge in [-0.1, -0.05) is 25.3 Å². The Bertz CT molecular complexity index is 2110. The Hall–Kier alpha value is -5.57. The largest absolute Gasteiger partial charge is 0.510 e. The number of H-pyrrole nitrogens is 1. The Morgan fingerprint density at radius 1 is 0.932 bits per heavy atom. The highest BCUT2D eigenvalue weighted by Crippen LogP contribution is 2.47. The van der Waals surface area contributed by atoms with Crippen LogP contribution in [0.15, 0.2) is 114 Å². The minimum atomic E-state index is -1.20. The number of aliphatic hydroxyl groups is 1. The summed E-state index contributed by atoms with van der Waals surface area (Å²) in [7, 11) is 1.25. The van der Waals surface area contributed by atoms with Gasteiger partial charge >= 0.3 is 11.9 Å². The van der Waals surface area contributed by atoms with Gasteiger partial charge in [0, 0.05) is 44.6 Å². The fraction of sp³-hybridized carbons (Fsp3) is 0.171. The molecule has 4 aliphatic heterocycles. The Kier molecular flexibility index (Phi) is 6.69. The lowest BCUT2D eigenvalue weighted by atomic mass is 9.93. The van der Waals surface area contributed by atoms with Crippen molar-refractivity contribution in [1.82, 2.24) is 4.98 Å². The van der Waals surface area contributed by atoms with Crippen molar-refractivity contribution >= 4 is 47.3 Å². The quantitative estimate of drug-likeness (QED) is 0.347. The van der Waals surface area contributed by atoms with Gasteiger partial charge in [0.2, 0.25) is 0 Å². The number of hydrogen-bond donors (Lipinski definition) is 3. The predicted octanol–water partition coefficient (Wildman–Crippen LogP) is 4.39. The van der Waals surface area contributed by atoms with Crippen molar-refractivity contribution < 1.29 is 24.5 Å². The van der Waals surface area contributed by atoms with Crippen molar-refractivity contribution in [3.63, 3.8) is 0 Å². The van der Waals surface area contributed by atoms with Crippen LogP contribution in [0.25, 0.3) is 18.2 Å². The Morgan fingerprint density at radius 3 is 2.27 bits per heavy atom. The number of rotatable bonds is 5. The first-order valence-corrected chi connectivity index (χ1v) is 14.0. The van der Waals surface area contributed by atoms with E-state index in [4.69, 9.17) is 19.7 Å².